The Labute approximate surface area is 166 Å². The van der Waals surface area contributed by atoms with E-state index in [1.165, 1.54) is 6.92 Å². The second kappa shape index (κ2) is 8.69. The molecule has 2 rings (SSSR count). The molecule has 6 nitrogen and oxygen atoms in total. The maximum Gasteiger partial charge on any atom is 0.322 e. The topological polar surface area (TPSA) is 81.7 Å². The number of ether oxygens (including phenoxy) is 2. The second-order valence-electron chi connectivity index (χ2n) is 7.69. The highest BCUT2D eigenvalue weighted by molar-refractivity contribution is 6.13. The lowest BCUT2D eigenvalue weighted by Crippen LogP contribution is -2.55. The van der Waals surface area contributed by atoms with Gasteiger partial charge in [-0.15, -0.1) is 0 Å². The third-order valence-electron chi connectivity index (χ3n) is 5.00. The Morgan fingerprint density at radius 1 is 1.29 bits per heavy atom. The van der Waals surface area contributed by atoms with E-state index in [4.69, 9.17) is 9.47 Å². The fourth-order valence-corrected chi connectivity index (χ4v) is 3.30. The highest BCUT2D eigenvalue weighted by atomic mass is 16.6. The summed E-state index contributed by atoms with van der Waals surface area (Å²) >= 11 is 0. The van der Waals surface area contributed by atoms with Gasteiger partial charge in [-0.25, -0.2) is 0 Å². The normalized spacial score (nSPS) is 24.9. The molecule has 1 heterocycles. The quantitative estimate of drug-likeness (QED) is 0.459. The summed E-state index contributed by atoms with van der Waals surface area (Å²) in [6, 6.07) is 7.45. The second-order valence-corrected chi connectivity index (χ2v) is 7.69. The zero-order valence-corrected chi connectivity index (χ0v) is 17.2. The lowest BCUT2D eigenvalue weighted by Gasteiger charge is -2.41. The predicted octanol–water partition coefficient (Wildman–Crippen LogP) is 3.45. The van der Waals surface area contributed by atoms with E-state index >= 15 is 0 Å². The van der Waals surface area contributed by atoms with Crippen molar-refractivity contribution in [3.8, 4) is 0 Å². The summed E-state index contributed by atoms with van der Waals surface area (Å²) in [6.45, 7) is 12.1. The molecule has 0 spiro atoms. The van der Waals surface area contributed by atoms with Gasteiger partial charge in [-0.1, -0.05) is 18.7 Å². The van der Waals surface area contributed by atoms with Crippen molar-refractivity contribution in [2.75, 3.05) is 5.32 Å². The Bertz CT molecular complexity index is 768. The van der Waals surface area contributed by atoms with Gasteiger partial charge in [0.15, 0.2) is 11.2 Å². The molecule has 1 aromatic rings. The van der Waals surface area contributed by atoms with Gasteiger partial charge in [0.1, 0.15) is 0 Å². The first kappa shape index (κ1) is 21.8. The number of esters is 1. The van der Waals surface area contributed by atoms with Crippen molar-refractivity contribution in [3.63, 3.8) is 0 Å². The Balaban J connectivity index is 2.18. The van der Waals surface area contributed by atoms with Gasteiger partial charge in [0, 0.05) is 18.2 Å². The highest BCUT2D eigenvalue weighted by Gasteiger charge is 2.54. The van der Waals surface area contributed by atoms with Gasteiger partial charge in [-0.05, 0) is 58.2 Å². The Morgan fingerprint density at radius 2 is 1.89 bits per heavy atom. The Hall–Kier alpha value is -2.47. The number of rotatable bonds is 6. The van der Waals surface area contributed by atoms with Crippen molar-refractivity contribution in [1.29, 1.82) is 0 Å². The van der Waals surface area contributed by atoms with Crippen molar-refractivity contribution >= 4 is 23.3 Å². The number of benzene rings is 1. The lowest BCUT2D eigenvalue weighted by molar-refractivity contribution is -0.180. The van der Waals surface area contributed by atoms with Crippen LogP contribution in [0.5, 0.6) is 0 Å². The van der Waals surface area contributed by atoms with Crippen molar-refractivity contribution in [2.45, 2.75) is 65.8 Å². The zero-order chi connectivity index (χ0) is 21.1. The molecule has 152 valence electrons. The summed E-state index contributed by atoms with van der Waals surface area (Å²) in [5.41, 5.74) is 0.612. The SMILES string of the molecule is C=C1C(=O)C(C)(C(=O)OC(C)C)C(CCc2ccc(NC(C)=O)cc2)OC1C. The number of Topliss-reactive ketones (excluding diaryl/α,β-unsaturated/α-hetero) is 1. The number of carbonyl (C=O) groups excluding carboxylic acids is 3. The average Bonchev–Trinajstić information content (AvgIpc) is 2.62. The third kappa shape index (κ3) is 4.68. The molecule has 28 heavy (non-hydrogen) atoms. The number of carbonyl (C=O) groups is 3. The molecular weight excluding hydrogens is 358 g/mol. The third-order valence-corrected chi connectivity index (χ3v) is 5.00. The molecule has 0 aromatic heterocycles. The smallest absolute Gasteiger partial charge is 0.322 e. The monoisotopic (exact) mass is 387 g/mol. The van der Waals surface area contributed by atoms with Crippen LogP contribution in [-0.2, 0) is 30.3 Å². The van der Waals surface area contributed by atoms with Crippen LogP contribution in [-0.4, -0.2) is 36.0 Å². The van der Waals surface area contributed by atoms with E-state index in [0.717, 1.165) is 11.3 Å². The van der Waals surface area contributed by atoms with E-state index in [2.05, 4.69) is 11.9 Å². The van der Waals surface area contributed by atoms with E-state index in [1.807, 2.05) is 24.3 Å². The number of ketones is 1. The molecule has 1 saturated heterocycles. The van der Waals surface area contributed by atoms with Crippen molar-refractivity contribution in [3.05, 3.63) is 42.0 Å². The van der Waals surface area contributed by atoms with Crippen molar-refractivity contribution < 1.29 is 23.9 Å². The predicted molar refractivity (Wildman–Crippen MR) is 107 cm³/mol. The van der Waals surface area contributed by atoms with Gasteiger partial charge in [0.2, 0.25) is 5.91 Å². The molecule has 1 aromatic carbocycles. The summed E-state index contributed by atoms with van der Waals surface area (Å²) in [6.07, 6.45) is -0.290. The maximum atomic E-state index is 12.9. The summed E-state index contributed by atoms with van der Waals surface area (Å²) in [4.78, 5) is 36.8. The van der Waals surface area contributed by atoms with Gasteiger partial charge in [0.05, 0.1) is 18.3 Å². The summed E-state index contributed by atoms with van der Waals surface area (Å²) in [7, 11) is 0. The summed E-state index contributed by atoms with van der Waals surface area (Å²) < 4.78 is 11.4. The molecule has 1 aliphatic rings. The summed E-state index contributed by atoms with van der Waals surface area (Å²) in [5.74, 6) is -1.02. The first-order valence-electron chi connectivity index (χ1n) is 9.52. The van der Waals surface area contributed by atoms with E-state index in [0.29, 0.717) is 18.4 Å². The number of amides is 1. The van der Waals surface area contributed by atoms with Crippen LogP contribution in [0.4, 0.5) is 5.69 Å². The van der Waals surface area contributed by atoms with Crippen LogP contribution in [0.3, 0.4) is 0 Å². The van der Waals surface area contributed by atoms with E-state index < -0.39 is 23.6 Å². The van der Waals surface area contributed by atoms with Crippen molar-refractivity contribution in [2.24, 2.45) is 5.41 Å². The molecule has 1 N–H and O–H groups in total. The molecule has 3 atom stereocenters. The Morgan fingerprint density at radius 3 is 2.43 bits per heavy atom. The molecule has 6 heteroatoms. The van der Waals surface area contributed by atoms with Crippen LogP contribution >= 0.6 is 0 Å². The molecule has 0 bridgehead atoms. The molecule has 0 saturated carbocycles. The Kier molecular flexibility index (Phi) is 6.77. The number of hydrogen-bond acceptors (Lipinski definition) is 5. The fourth-order valence-electron chi connectivity index (χ4n) is 3.30. The van der Waals surface area contributed by atoms with Crippen LogP contribution in [0.1, 0.15) is 46.6 Å². The highest BCUT2D eigenvalue weighted by Crippen LogP contribution is 2.39. The van der Waals surface area contributed by atoms with Crippen LogP contribution in [0, 0.1) is 5.41 Å². The van der Waals surface area contributed by atoms with Gasteiger partial charge in [-0.2, -0.15) is 0 Å². The minimum atomic E-state index is -1.41. The zero-order valence-electron chi connectivity index (χ0n) is 17.2. The molecule has 3 unspecified atom stereocenters. The first-order valence-corrected chi connectivity index (χ1v) is 9.52. The van der Waals surface area contributed by atoms with Gasteiger partial charge in [0.25, 0.3) is 0 Å². The van der Waals surface area contributed by atoms with E-state index in [1.54, 1.807) is 27.7 Å². The fraction of sp³-hybridized carbons (Fsp3) is 0.500. The maximum absolute atomic E-state index is 12.9. The number of nitrogens with one attached hydrogen (secondary N) is 1. The van der Waals surface area contributed by atoms with Gasteiger partial charge >= 0.3 is 5.97 Å². The average molecular weight is 387 g/mol. The number of hydrogen-bond donors (Lipinski definition) is 1. The lowest BCUT2D eigenvalue weighted by atomic mass is 9.72. The largest absolute Gasteiger partial charge is 0.462 e. The molecular formula is C22H29NO5. The standard InChI is InChI=1S/C22H29NO5/c1-13(2)27-21(26)22(6)19(28-15(4)14(3)20(22)25)12-9-17-7-10-18(11-8-17)23-16(5)24/h7-8,10-11,13,15,19H,3,9,12H2,1-2,4-6H3,(H,23,24). The summed E-state index contributed by atoms with van der Waals surface area (Å²) in [5, 5.41) is 2.72. The van der Waals surface area contributed by atoms with Gasteiger partial charge in [-0.3, -0.25) is 14.4 Å². The molecule has 1 aliphatic heterocycles. The molecule has 1 amide bonds. The van der Waals surface area contributed by atoms with Crippen LogP contribution < -0.4 is 5.32 Å². The van der Waals surface area contributed by atoms with Crippen LogP contribution in [0.15, 0.2) is 36.4 Å². The van der Waals surface area contributed by atoms with Crippen LogP contribution in [0.25, 0.3) is 0 Å². The number of anilines is 1. The first-order chi connectivity index (χ1) is 13.1. The number of aryl methyl sites for hydroxylation is 1. The molecule has 0 aliphatic carbocycles. The van der Waals surface area contributed by atoms with Crippen LogP contribution in [0.2, 0.25) is 0 Å². The van der Waals surface area contributed by atoms with Crippen molar-refractivity contribution in [1.82, 2.24) is 0 Å². The molecule has 0 radical (unpaired) electrons. The van der Waals surface area contributed by atoms with Gasteiger partial charge < -0.3 is 14.8 Å². The minimum absolute atomic E-state index is 0.129. The molecule has 1 fully saturated rings. The van der Waals surface area contributed by atoms with E-state index in [-0.39, 0.29) is 17.8 Å². The minimum Gasteiger partial charge on any atom is -0.462 e. The van der Waals surface area contributed by atoms with E-state index in [9.17, 15) is 14.4 Å².